The largest absolute Gasteiger partial charge is 0.426 e. The van der Waals surface area contributed by atoms with Gasteiger partial charge in [0.25, 0.3) is 0 Å². The standard InChI is InChI=1S/C22H24BrNO3/c1-4-22(2,3)16-5-11-19(12-6-16)27-21(26)15-13-20(25)24(14-15)18-9-7-17(23)8-10-18/h5-12,15H,4,13-14H2,1-3H3/t15-/m1/s1. The second kappa shape index (κ2) is 7.85. The lowest BCUT2D eigenvalue weighted by Crippen LogP contribution is -2.27. The molecule has 1 aliphatic rings. The zero-order valence-corrected chi connectivity index (χ0v) is 17.5. The van der Waals surface area contributed by atoms with Gasteiger partial charge < -0.3 is 9.64 Å². The number of carbonyl (C=O) groups excluding carboxylic acids is 2. The minimum atomic E-state index is -0.451. The summed E-state index contributed by atoms with van der Waals surface area (Å²) in [7, 11) is 0. The summed E-state index contributed by atoms with van der Waals surface area (Å²) in [4.78, 5) is 26.5. The van der Waals surface area contributed by atoms with Gasteiger partial charge in [-0.05, 0) is 53.8 Å². The number of hydrogen-bond donors (Lipinski definition) is 0. The molecule has 1 atom stereocenters. The number of ether oxygens (including phenoxy) is 1. The number of nitrogens with zero attached hydrogens (tertiary/aromatic N) is 1. The number of rotatable bonds is 5. The molecule has 0 radical (unpaired) electrons. The maximum Gasteiger partial charge on any atom is 0.316 e. The number of carbonyl (C=O) groups is 2. The minimum Gasteiger partial charge on any atom is -0.426 e. The number of esters is 1. The summed E-state index contributed by atoms with van der Waals surface area (Å²) in [6.07, 6.45) is 1.21. The van der Waals surface area contributed by atoms with Gasteiger partial charge in [0.2, 0.25) is 5.91 Å². The maximum atomic E-state index is 12.5. The molecule has 0 spiro atoms. The first-order chi connectivity index (χ1) is 12.8. The van der Waals surface area contributed by atoms with E-state index in [1.807, 2.05) is 48.5 Å². The highest BCUT2D eigenvalue weighted by atomic mass is 79.9. The fourth-order valence-electron chi connectivity index (χ4n) is 3.11. The molecule has 0 bridgehead atoms. The number of hydrogen-bond acceptors (Lipinski definition) is 3. The monoisotopic (exact) mass is 429 g/mol. The highest BCUT2D eigenvalue weighted by molar-refractivity contribution is 9.10. The summed E-state index contributed by atoms with van der Waals surface area (Å²) in [6, 6.07) is 15.1. The van der Waals surface area contributed by atoms with Gasteiger partial charge in [0.15, 0.2) is 0 Å². The van der Waals surface area contributed by atoms with E-state index in [0.717, 1.165) is 16.6 Å². The molecule has 2 aromatic rings. The van der Waals surface area contributed by atoms with Gasteiger partial charge in [-0.1, -0.05) is 48.8 Å². The molecule has 1 heterocycles. The van der Waals surface area contributed by atoms with Crippen LogP contribution in [0.4, 0.5) is 5.69 Å². The summed E-state index contributed by atoms with van der Waals surface area (Å²) in [6.45, 7) is 6.88. The van der Waals surface area contributed by atoms with E-state index in [1.165, 1.54) is 5.56 Å². The van der Waals surface area contributed by atoms with Gasteiger partial charge in [0.05, 0.1) is 5.92 Å². The molecule has 3 rings (SSSR count). The Hall–Kier alpha value is -2.14. The van der Waals surface area contributed by atoms with Crippen molar-refractivity contribution in [3.63, 3.8) is 0 Å². The fraction of sp³-hybridized carbons (Fsp3) is 0.364. The molecule has 2 aromatic carbocycles. The topological polar surface area (TPSA) is 46.6 Å². The molecule has 27 heavy (non-hydrogen) atoms. The minimum absolute atomic E-state index is 0.0562. The highest BCUT2D eigenvalue weighted by Gasteiger charge is 2.36. The third-order valence-electron chi connectivity index (χ3n) is 5.33. The number of amides is 1. The molecule has 0 aliphatic carbocycles. The summed E-state index contributed by atoms with van der Waals surface area (Å²) >= 11 is 3.39. The Labute approximate surface area is 168 Å². The first kappa shape index (κ1) is 19.6. The van der Waals surface area contributed by atoms with Crippen molar-refractivity contribution in [1.29, 1.82) is 0 Å². The molecule has 0 unspecified atom stereocenters. The van der Waals surface area contributed by atoms with E-state index in [0.29, 0.717) is 12.3 Å². The van der Waals surface area contributed by atoms with Crippen molar-refractivity contribution in [1.82, 2.24) is 0 Å². The van der Waals surface area contributed by atoms with E-state index in [-0.39, 0.29) is 23.7 Å². The van der Waals surface area contributed by atoms with Crippen LogP contribution in [0, 0.1) is 5.92 Å². The summed E-state index contributed by atoms with van der Waals surface area (Å²) < 4.78 is 6.47. The smallest absolute Gasteiger partial charge is 0.316 e. The van der Waals surface area contributed by atoms with Crippen molar-refractivity contribution < 1.29 is 14.3 Å². The van der Waals surface area contributed by atoms with E-state index in [9.17, 15) is 9.59 Å². The molecule has 1 fully saturated rings. The van der Waals surface area contributed by atoms with Gasteiger partial charge in [0.1, 0.15) is 5.75 Å². The second-order valence-corrected chi connectivity index (χ2v) is 8.48. The van der Waals surface area contributed by atoms with Gasteiger partial charge in [-0.3, -0.25) is 9.59 Å². The van der Waals surface area contributed by atoms with Gasteiger partial charge >= 0.3 is 5.97 Å². The lowest BCUT2D eigenvalue weighted by atomic mass is 9.82. The SMILES string of the molecule is CCC(C)(C)c1ccc(OC(=O)[C@@H]2CC(=O)N(c3ccc(Br)cc3)C2)cc1. The Bertz CT molecular complexity index is 828. The van der Waals surface area contributed by atoms with Crippen molar-refractivity contribution in [3.05, 3.63) is 58.6 Å². The number of anilines is 1. The van der Waals surface area contributed by atoms with Crippen LogP contribution in [0.1, 0.15) is 39.2 Å². The lowest BCUT2D eigenvalue weighted by molar-refractivity contribution is -0.139. The second-order valence-electron chi connectivity index (χ2n) is 7.56. The molecule has 0 aromatic heterocycles. The van der Waals surface area contributed by atoms with E-state index in [2.05, 4.69) is 36.7 Å². The average molecular weight is 430 g/mol. The molecule has 0 saturated carbocycles. The number of benzene rings is 2. The predicted molar refractivity (Wildman–Crippen MR) is 110 cm³/mol. The van der Waals surface area contributed by atoms with Crippen LogP contribution in [0.3, 0.4) is 0 Å². The molecule has 1 saturated heterocycles. The molecular weight excluding hydrogens is 406 g/mol. The van der Waals surface area contributed by atoms with E-state index < -0.39 is 5.92 Å². The Kier molecular flexibility index (Phi) is 5.70. The lowest BCUT2D eigenvalue weighted by Gasteiger charge is -2.23. The summed E-state index contributed by atoms with van der Waals surface area (Å²) in [5.74, 6) is -0.345. The Morgan fingerprint density at radius 3 is 2.37 bits per heavy atom. The van der Waals surface area contributed by atoms with Crippen LogP contribution in [0.15, 0.2) is 53.0 Å². The van der Waals surface area contributed by atoms with Crippen LogP contribution in [0.25, 0.3) is 0 Å². The molecule has 142 valence electrons. The van der Waals surface area contributed by atoms with E-state index in [4.69, 9.17) is 4.74 Å². The van der Waals surface area contributed by atoms with Crippen LogP contribution in [-0.4, -0.2) is 18.4 Å². The van der Waals surface area contributed by atoms with Gasteiger partial charge in [0, 0.05) is 23.1 Å². The van der Waals surface area contributed by atoms with Crippen molar-refractivity contribution in [2.45, 2.75) is 39.0 Å². The van der Waals surface area contributed by atoms with Gasteiger partial charge in [-0.2, -0.15) is 0 Å². The van der Waals surface area contributed by atoms with Crippen LogP contribution in [-0.2, 0) is 15.0 Å². The van der Waals surface area contributed by atoms with Crippen LogP contribution in [0.5, 0.6) is 5.75 Å². The molecule has 5 heteroatoms. The van der Waals surface area contributed by atoms with Crippen LogP contribution in [0.2, 0.25) is 0 Å². The zero-order valence-electron chi connectivity index (χ0n) is 15.9. The normalized spacial score (nSPS) is 17.3. The highest BCUT2D eigenvalue weighted by Crippen LogP contribution is 2.30. The Morgan fingerprint density at radius 2 is 1.78 bits per heavy atom. The maximum absolute atomic E-state index is 12.5. The predicted octanol–water partition coefficient (Wildman–Crippen LogP) is 5.10. The molecule has 0 N–H and O–H groups in total. The number of halogens is 1. The van der Waals surface area contributed by atoms with Crippen molar-refractivity contribution in [3.8, 4) is 5.75 Å². The van der Waals surface area contributed by atoms with Crippen LogP contribution < -0.4 is 9.64 Å². The summed E-state index contributed by atoms with van der Waals surface area (Å²) in [5.41, 5.74) is 2.10. The quantitative estimate of drug-likeness (QED) is 0.490. The van der Waals surface area contributed by atoms with E-state index in [1.54, 1.807) is 4.90 Å². The van der Waals surface area contributed by atoms with Crippen molar-refractivity contribution in [2.24, 2.45) is 5.92 Å². The third-order valence-corrected chi connectivity index (χ3v) is 5.86. The average Bonchev–Trinajstić information content (AvgIpc) is 3.05. The first-order valence-corrected chi connectivity index (χ1v) is 9.97. The third kappa shape index (κ3) is 4.41. The summed E-state index contributed by atoms with van der Waals surface area (Å²) in [5, 5.41) is 0. The molecule has 1 amide bonds. The Morgan fingerprint density at radius 1 is 1.15 bits per heavy atom. The Balaban J connectivity index is 1.65. The van der Waals surface area contributed by atoms with Crippen molar-refractivity contribution in [2.75, 3.05) is 11.4 Å². The van der Waals surface area contributed by atoms with Crippen molar-refractivity contribution >= 4 is 33.5 Å². The molecule has 1 aliphatic heterocycles. The zero-order chi connectivity index (χ0) is 19.6. The van der Waals surface area contributed by atoms with Gasteiger partial charge in [-0.15, -0.1) is 0 Å². The molecule has 4 nitrogen and oxygen atoms in total. The fourth-order valence-corrected chi connectivity index (χ4v) is 3.38. The van der Waals surface area contributed by atoms with E-state index >= 15 is 0 Å². The molecular formula is C22H24BrNO3. The van der Waals surface area contributed by atoms with Gasteiger partial charge in [-0.25, -0.2) is 0 Å². The first-order valence-electron chi connectivity index (χ1n) is 9.18. The van der Waals surface area contributed by atoms with Crippen LogP contribution >= 0.6 is 15.9 Å².